The van der Waals surface area contributed by atoms with Crippen molar-refractivity contribution in [1.29, 1.82) is 0 Å². The highest BCUT2D eigenvalue weighted by atomic mass is 79.9. The van der Waals surface area contributed by atoms with Crippen molar-refractivity contribution in [1.82, 2.24) is 0 Å². The molecule has 1 atom stereocenters. The molecule has 0 aliphatic rings. The Morgan fingerprint density at radius 3 is 1.95 bits per heavy atom. The van der Waals surface area contributed by atoms with E-state index in [-0.39, 0.29) is 5.41 Å². The Hall–Kier alpha value is -1.28. The third kappa shape index (κ3) is 3.86. The molecule has 0 heterocycles. The largest absolute Gasteiger partial charge is 0.379 e. The van der Waals surface area contributed by atoms with Gasteiger partial charge >= 0.3 is 0 Å². The Morgan fingerprint density at radius 2 is 1.45 bits per heavy atom. The van der Waals surface area contributed by atoms with Gasteiger partial charge in [0.25, 0.3) is 0 Å². The first kappa shape index (κ1) is 15.1. The van der Waals surface area contributed by atoms with Crippen molar-refractivity contribution in [3.63, 3.8) is 0 Å². The molecule has 0 fully saturated rings. The van der Waals surface area contributed by atoms with E-state index in [9.17, 15) is 0 Å². The van der Waals surface area contributed by atoms with Crippen molar-refractivity contribution in [3.8, 4) is 0 Å². The van der Waals surface area contributed by atoms with Crippen LogP contribution < -0.4 is 5.32 Å². The summed E-state index contributed by atoms with van der Waals surface area (Å²) in [6.07, 6.45) is 0. The summed E-state index contributed by atoms with van der Waals surface area (Å²) in [6.45, 7) is 8.89. The molecule has 0 spiro atoms. The highest BCUT2D eigenvalue weighted by molar-refractivity contribution is 9.10. The third-order valence-corrected chi connectivity index (χ3v) is 4.03. The lowest BCUT2D eigenvalue weighted by molar-refractivity contribution is 0.590. The molecule has 0 aliphatic carbocycles. The van der Waals surface area contributed by atoms with Gasteiger partial charge in [0.2, 0.25) is 0 Å². The first-order valence-electron chi connectivity index (χ1n) is 6.99. The average Bonchev–Trinajstić information content (AvgIpc) is 2.39. The Balaban J connectivity index is 2.08. The van der Waals surface area contributed by atoms with Crippen molar-refractivity contribution in [2.75, 3.05) is 5.32 Å². The van der Waals surface area contributed by atoms with Gasteiger partial charge in [-0.3, -0.25) is 0 Å². The predicted octanol–water partition coefficient (Wildman–Crippen LogP) is 5.92. The van der Waals surface area contributed by atoms with Crippen molar-refractivity contribution in [3.05, 3.63) is 64.1 Å². The number of hydrogen-bond acceptors (Lipinski definition) is 1. The van der Waals surface area contributed by atoms with Gasteiger partial charge in [0.05, 0.1) is 0 Å². The van der Waals surface area contributed by atoms with Crippen molar-refractivity contribution in [2.45, 2.75) is 39.2 Å². The van der Waals surface area contributed by atoms with Crippen molar-refractivity contribution >= 4 is 21.6 Å². The van der Waals surface area contributed by atoms with Gasteiger partial charge in [-0.1, -0.05) is 61.0 Å². The fourth-order valence-corrected chi connectivity index (χ4v) is 2.42. The van der Waals surface area contributed by atoms with E-state index in [0.717, 1.165) is 10.2 Å². The summed E-state index contributed by atoms with van der Waals surface area (Å²) in [5.74, 6) is 0. The van der Waals surface area contributed by atoms with E-state index in [0.29, 0.717) is 6.04 Å². The van der Waals surface area contributed by atoms with E-state index in [1.807, 2.05) is 0 Å². The van der Waals surface area contributed by atoms with Crippen LogP contribution in [-0.4, -0.2) is 0 Å². The molecular weight excluding hydrogens is 310 g/mol. The molecule has 0 amide bonds. The standard InChI is InChI=1S/C18H22BrN/c1-13(14-5-9-16(19)10-6-14)20-17-11-7-15(8-12-17)18(2,3)4/h5-13,20H,1-4H3. The molecule has 1 nitrogen and oxygen atoms in total. The van der Waals surface area contributed by atoms with Gasteiger partial charge < -0.3 is 5.32 Å². The van der Waals surface area contributed by atoms with Crippen LogP contribution in [0, 0.1) is 0 Å². The molecule has 2 rings (SSSR count). The van der Waals surface area contributed by atoms with Crippen LogP contribution in [0.4, 0.5) is 5.69 Å². The molecule has 2 heteroatoms. The highest BCUT2D eigenvalue weighted by Crippen LogP contribution is 2.25. The molecule has 0 saturated carbocycles. The normalized spacial score (nSPS) is 13.1. The molecule has 0 radical (unpaired) electrons. The molecule has 0 saturated heterocycles. The number of anilines is 1. The Morgan fingerprint density at radius 1 is 0.900 bits per heavy atom. The number of hydrogen-bond donors (Lipinski definition) is 1. The lowest BCUT2D eigenvalue weighted by Crippen LogP contribution is -2.11. The van der Waals surface area contributed by atoms with E-state index in [4.69, 9.17) is 0 Å². The zero-order valence-corrected chi connectivity index (χ0v) is 14.2. The number of halogens is 1. The molecule has 0 aromatic heterocycles. The minimum atomic E-state index is 0.204. The van der Waals surface area contributed by atoms with E-state index >= 15 is 0 Å². The number of benzene rings is 2. The van der Waals surface area contributed by atoms with E-state index in [1.54, 1.807) is 0 Å². The minimum absolute atomic E-state index is 0.204. The van der Waals surface area contributed by atoms with Gasteiger partial charge in [-0.25, -0.2) is 0 Å². The Labute approximate surface area is 130 Å². The molecule has 1 N–H and O–H groups in total. The maximum atomic E-state index is 3.54. The second kappa shape index (κ2) is 6.01. The summed E-state index contributed by atoms with van der Waals surface area (Å²) in [4.78, 5) is 0. The average molecular weight is 332 g/mol. The summed E-state index contributed by atoms with van der Waals surface area (Å²) < 4.78 is 1.11. The molecular formula is C18H22BrN. The molecule has 0 bridgehead atoms. The second-order valence-corrected chi connectivity index (χ2v) is 7.16. The first-order valence-corrected chi connectivity index (χ1v) is 7.78. The molecule has 2 aromatic carbocycles. The van der Waals surface area contributed by atoms with Gasteiger partial charge in [0.1, 0.15) is 0 Å². The lowest BCUT2D eigenvalue weighted by Gasteiger charge is -2.20. The molecule has 1 unspecified atom stereocenters. The third-order valence-electron chi connectivity index (χ3n) is 3.50. The summed E-state index contributed by atoms with van der Waals surface area (Å²) >= 11 is 3.47. The summed E-state index contributed by atoms with van der Waals surface area (Å²) in [7, 11) is 0. The van der Waals surface area contributed by atoms with Crippen LogP contribution in [0.1, 0.15) is 44.9 Å². The summed E-state index contributed by atoms with van der Waals surface area (Å²) in [5, 5.41) is 3.54. The molecule has 106 valence electrons. The van der Waals surface area contributed by atoms with Crippen LogP contribution >= 0.6 is 15.9 Å². The van der Waals surface area contributed by atoms with Crippen LogP contribution in [0.15, 0.2) is 53.0 Å². The molecule has 20 heavy (non-hydrogen) atoms. The van der Waals surface area contributed by atoms with E-state index in [2.05, 4.69) is 97.5 Å². The van der Waals surface area contributed by atoms with Crippen LogP contribution in [0.5, 0.6) is 0 Å². The number of rotatable bonds is 3. The quantitative estimate of drug-likeness (QED) is 0.736. The van der Waals surface area contributed by atoms with Crippen molar-refractivity contribution in [2.24, 2.45) is 0 Å². The minimum Gasteiger partial charge on any atom is -0.379 e. The summed E-state index contributed by atoms with van der Waals surface area (Å²) in [6, 6.07) is 17.5. The molecule has 0 aliphatic heterocycles. The zero-order valence-electron chi connectivity index (χ0n) is 12.6. The van der Waals surface area contributed by atoms with E-state index in [1.165, 1.54) is 11.1 Å². The smallest absolute Gasteiger partial charge is 0.0485 e. The summed E-state index contributed by atoms with van der Waals surface area (Å²) in [5.41, 5.74) is 4.01. The van der Waals surface area contributed by atoms with Crippen LogP contribution in [0.3, 0.4) is 0 Å². The monoisotopic (exact) mass is 331 g/mol. The van der Waals surface area contributed by atoms with Gasteiger partial charge in [-0.05, 0) is 47.7 Å². The topological polar surface area (TPSA) is 12.0 Å². The predicted molar refractivity (Wildman–Crippen MR) is 91.3 cm³/mol. The van der Waals surface area contributed by atoms with Crippen LogP contribution in [-0.2, 0) is 5.41 Å². The number of nitrogens with one attached hydrogen (secondary N) is 1. The maximum Gasteiger partial charge on any atom is 0.0485 e. The van der Waals surface area contributed by atoms with Gasteiger partial charge in [-0.15, -0.1) is 0 Å². The maximum absolute atomic E-state index is 3.54. The SMILES string of the molecule is CC(Nc1ccc(C(C)(C)C)cc1)c1ccc(Br)cc1. The van der Waals surface area contributed by atoms with E-state index < -0.39 is 0 Å². The zero-order chi connectivity index (χ0) is 14.8. The van der Waals surface area contributed by atoms with Gasteiger partial charge in [0, 0.05) is 16.2 Å². The fraction of sp³-hybridized carbons (Fsp3) is 0.333. The Kier molecular flexibility index (Phi) is 4.54. The van der Waals surface area contributed by atoms with Crippen LogP contribution in [0.2, 0.25) is 0 Å². The molecule has 2 aromatic rings. The lowest BCUT2D eigenvalue weighted by atomic mass is 9.87. The fourth-order valence-electron chi connectivity index (χ4n) is 2.15. The highest BCUT2D eigenvalue weighted by Gasteiger charge is 2.13. The van der Waals surface area contributed by atoms with Crippen LogP contribution in [0.25, 0.3) is 0 Å². The first-order chi connectivity index (χ1) is 9.36. The second-order valence-electron chi connectivity index (χ2n) is 6.24. The van der Waals surface area contributed by atoms with Gasteiger partial charge in [0.15, 0.2) is 0 Å². The van der Waals surface area contributed by atoms with Gasteiger partial charge in [-0.2, -0.15) is 0 Å². The van der Waals surface area contributed by atoms with Crippen molar-refractivity contribution < 1.29 is 0 Å². The Bertz CT molecular complexity index is 549.